The molecule has 2 unspecified atom stereocenters. The molecule has 0 fully saturated rings. The van der Waals surface area contributed by atoms with Gasteiger partial charge in [-0.15, -0.1) is 0 Å². The summed E-state index contributed by atoms with van der Waals surface area (Å²) in [5, 5.41) is 0. The predicted octanol–water partition coefficient (Wildman–Crippen LogP) is 4.36. The zero-order chi connectivity index (χ0) is 11.7. The Kier molecular flexibility index (Phi) is 8.13. The molecule has 0 aromatic heterocycles. The number of rotatable bonds is 9. The van der Waals surface area contributed by atoms with Crippen LogP contribution in [0.2, 0.25) is 0 Å². The zero-order valence-corrected chi connectivity index (χ0v) is 11.3. The minimum Gasteiger partial charge on any atom is -0.330 e. The van der Waals surface area contributed by atoms with Crippen LogP contribution in [-0.4, -0.2) is 6.54 Å². The quantitative estimate of drug-likeness (QED) is 0.605. The van der Waals surface area contributed by atoms with Crippen LogP contribution in [0.1, 0.15) is 72.6 Å². The molecule has 0 spiro atoms. The van der Waals surface area contributed by atoms with Crippen LogP contribution in [0.3, 0.4) is 0 Å². The van der Waals surface area contributed by atoms with Crippen molar-refractivity contribution in [1.29, 1.82) is 0 Å². The van der Waals surface area contributed by atoms with E-state index in [4.69, 9.17) is 5.73 Å². The Balaban J connectivity index is 4.34. The van der Waals surface area contributed by atoms with E-state index in [0.717, 1.165) is 12.5 Å². The number of hydrogen-bond donors (Lipinski definition) is 1. The molecule has 15 heavy (non-hydrogen) atoms. The van der Waals surface area contributed by atoms with Gasteiger partial charge in [-0.25, -0.2) is 0 Å². The first-order chi connectivity index (χ1) is 7.14. The van der Waals surface area contributed by atoms with Gasteiger partial charge in [-0.3, -0.25) is 0 Å². The maximum absolute atomic E-state index is 6.04. The molecule has 2 N–H and O–H groups in total. The van der Waals surface area contributed by atoms with Crippen molar-refractivity contribution in [3.63, 3.8) is 0 Å². The molecule has 0 aliphatic carbocycles. The Morgan fingerprint density at radius 3 is 2.13 bits per heavy atom. The third-order valence-corrected chi connectivity index (χ3v) is 3.75. The Hall–Kier alpha value is -0.0400. The molecule has 0 saturated heterocycles. The summed E-state index contributed by atoms with van der Waals surface area (Å²) in [6, 6.07) is 0. The fourth-order valence-corrected chi connectivity index (χ4v) is 2.58. The number of nitrogens with two attached hydrogens (primary N) is 1. The van der Waals surface area contributed by atoms with Crippen molar-refractivity contribution in [3.8, 4) is 0 Å². The standard InChI is InChI=1S/C14H31N/c1-5-8-10-14(12-15,9-6-2)11-13(4)7-3/h13H,5-12,15H2,1-4H3. The van der Waals surface area contributed by atoms with Crippen molar-refractivity contribution >= 4 is 0 Å². The van der Waals surface area contributed by atoms with Gasteiger partial charge in [0.25, 0.3) is 0 Å². The summed E-state index contributed by atoms with van der Waals surface area (Å²) >= 11 is 0. The van der Waals surface area contributed by atoms with E-state index in [0.29, 0.717) is 5.41 Å². The van der Waals surface area contributed by atoms with Gasteiger partial charge in [0.2, 0.25) is 0 Å². The minimum absolute atomic E-state index is 0.445. The van der Waals surface area contributed by atoms with Crippen LogP contribution in [0.4, 0.5) is 0 Å². The molecule has 0 aliphatic heterocycles. The van der Waals surface area contributed by atoms with E-state index >= 15 is 0 Å². The largest absolute Gasteiger partial charge is 0.330 e. The molecule has 0 aromatic rings. The lowest BCUT2D eigenvalue weighted by molar-refractivity contribution is 0.184. The second-order valence-corrected chi connectivity index (χ2v) is 5.28. The van der Waals surface area contributed by atoms with E-state index in [1.54, 1.807) is 0 Å². The van der Waals surface area contributed by atoms with Gasteiger partial charge >= 0.3 is 0 Å². The Labute approximate surface area is 96.8 Å². The summed E-state index contributed by atoms with van der Waals surface area (Å²) in [4.78, 5) is 0. The molecule has 0 radical (unpaired) electrons. The monoisotopic (exact) mass is 213 g/mol. The van der Waals surface area contributed by atoms with Crippen molar-refractivity contribution in [2.45, 2.75) is 72.6 Å². The van der Waals surface area contributed by atoms with Crippen LogP contribution in [0.15, 0.2) is 0 Å². The van der Waals surface area contributed by atoms with E-state index in [1.165, 1.54) is 44.9 Å². The highest BCUT2D eigenvalue weighted by Gasteiger charge is 2.28. The maximum Gasteiger partial charge on any atom is -0.00204 e. The molecule has 0 aliphatic rings. The molecular formula is C14H31N. The van der Waals surface area contributed by atoms with Crippen LogP contribution in [0.25, 0.3) is 0 Å². The van der Waals surface area contributed by atoms with Crippen LogP contribution in [-0.2, 0) is 0 Å². The summed E-state index contributed by atoms with van der Waals surface area (Å²) in [6.45, 7) is 10.1. The van der Waals surface area contributed by atoms with Gasteiger partial charge in [-0.2, -0.15) is 0 Å². The average Bonchev–Trinajstić information content (AvgIpc) is 2.26. The van der Waals surface area contributed by atoms with E-state index in [2.05, 4.69) is 27.7 Å². The molecule has 0 heterocycles. The average molecular weight is 213 g/mol. The second-order valence-electron chi connectivity index (χ2n) is 5.28. The minimum atomic E-state index is 0.445. The van der Waals surface area contributed by atoms with Gasteiger partial charge in [-0.1, -0.05) is 53.4 Å². The van der Waals surface area contributed by atoms with Gasteiger partial charge < -0.3 is 5.73 Å². The first-order valence-electron chi connectivity index (χ1n) is 6.84. The van der Waals surface area contributed by atoms with Crippen LogP contribution >= 0.6 is 0 Å². The number of hydrogen-bond acceptors (Lipinski definition) is 1. The van der Waals surface area contributed by atoms with Gasteiger partial charge in [0.15, 0.2) is 0 Å². The first kappa shape index (κ1) is 15.0. The fourth-order valence-electron chi connectivity index (χ4n) is 2.58. The van der Waals surface area contributed by atoms with Crippen molar-refractivity contribution in [1.82, 2.24) is 0 Å². The van der Waals surface area contributed by atoms with Crippen molar-refractivity contribution in [2.24, 2.45) is 17.1 Å². The van der Waals surface area contributed by atoms with Crippen LogP contribution in [0, 0.1) is 11.3 Å². The van der Waals surface area contributed by atoms with Gasteiger partial charge in [0.05, 0.1) is 0 Å². The molecule has 0 aromatic carbocycles. The first-order valence-corrected chi connectivity index (χ1v) is 6.84. The zero-order valence-electron chi connectivity index (χ0n) is 11.3. The third-order valence-electron chi connectivity index (χ3n) is 3.75. The molecule has 0 saturated carbocycles. The molecule has 0 rings (SSSR count). The lowest BCUT2D eigenvalue weighted by Crippen LogP contribution is -2.32. The highest BCUT2D eigenvalue weighted by molar-refractivity contribution is 4.81. The van der Waals surface area contributed by atoms with E-state index in [9.17, 15) is 0 Å². The Morgan fingerprint density at radius 2 is 1.73 bits per heavy atom. The highest BCUT2D eigenvalue weighted by atomic mass is 14.6. The molecular weight excluding hydrogens is 182 g/mol. The fraction of sp³-hybridized carbons (Fsp3) is 1.00. The molecule has 92 valence electrons. The van der Waals surface area contributed by atoms with Gasteiger partial charge in [0, 0.05) is 0 Å². The number of unbranched alkanes of at least 4 members (excludes halogenated alkanes) is 1. The SMILES string of the molecule is CCCCC(CN)(CCC)CC(C)CC. The van der Waals surface area contributed by atoms with E-state index in [-0.39, 0.29) is 0 Å². The maximum atomic E-state index is 6.04. The van der Waals surface area contributed by atoms with Crippen LogP contribution in [0.5, 0.6) is 0 Å². The summed E-state index contributed by atoms with van der Waals surface area (Å²) < 4.78 is 0. The van der Waals surface area contributed by atoms with Crippen LogP contribution < -0.4 is 5.73 Å². The van der Waals surface area contributed by atoms with Gasteiger partial charge in [0.1, 0.15) is 0 Å². The molecule has 0 bridgehead atoms. The lowest BCUT2D eigenvalue weighted by Gasteiger charge is -2.35. The Bertz CT molecular complexity index is 144. The van der Waals surface area contributed by atoms with Crippen molar-refractivity contribution in [2.75, 3.05) is 6.54 Å². The summed E-state index contributed by atoms with van der Waals surface area (Å²) in [7, 11) is 0. The smallest absolute Gasteiger partial charge is 0.00204 e. The summed E-state index contributed by atoms with van der Waals surface area (Å²) in [5.74, 6) is 0.831. The predicted molar refractivity (Wildman–Crippen MR) is 70.0 cm³/mol. The highest BCUT2D eigenvalue weighted by Crippen LogP contribution is 2.36. The van der Waals surface area contributed by atoms with E-state index < -0.39 is 0 Å². The van der Waals surface area contributed by atoms with Crippen molar-refractivity contribution in [3.05, 3.63) is 0 Å². The summed E-state index contributed by atoms with van der Waals surface area (Å²) in [5.41, 5.74) is 6.48. The Morgan fingerprint density at radius 1 is 1.07 bits per heavy atom. The van der Waals surface area contributed by atoms with Crippen molar-refractivity contribution < 1.29 is 0 Å². The topological polar surface area (TPSA) is 26.0 Å². The normalized spacial score (nSPS) is 17.4. The molecule has 0 amide bonds. The molecule has 2 atom stereocenters. The second kappa shape index (κ2) is 8.15. The lowest BCUT2D eigenvalue weighted by atomic mass is 9.72. The van der Waals surface area contributed by atoms with Gasteiger partial charge in [-0.05, 0) is 37.1 Å². The third kappa shape index (κ3) is 5.55. The molecule has 1 nitrogen and oxygen atoms in total. The summed E-state index contributed by atoms with van der Waals surface area (Å²) in [6.07, 6.45) is 9.18. The molecule has 1 heteroatoms. The van der Waals surface area contributed by atoms with E-state index in [1.807, 2.05) is 0 Å².